The summed E-state index contributed by atoms with van der Waals surface area (Å²) in [6.45, 7) is 3.06. The lowest BCUT2D eigenvalue weighted by atomic mass is 9.99. The number of carbonyl (C=O) groups excluding carboxylic acids is 1. The number of fused-ring (bicyclic) bond motifs is 1. The smallest absolute Gasteiger partial charge is 0.233 e. The molecule has 2 unspecified atom stereocenters. The van der Waals surface area contributed by atoms with Gasteiger partial charge in [-0.15, -0.1) is 0 Å². The number of ether oxygens (including phenoxy) is 1. The normalized spacial score (nSPS) is 18.9. The van der Waals surface area contributed by atoms with Gasteiger partial charge in [-0.25, -0.2) is 0 Å². The summed E-state index contributed by atoms with van der Waals surface area (Å²) in [5.74, 6) is 0.767. The lowest BCUT2D eigenvalue weighted by Gasteiger charge is -2.27. The monoisotopic (exact) mass is 248 g/mol. The summed E-state index contributed by atoms with van der Waals surface area (Å²) in [5.41, 5.74) is 6.53. The van der Waals surface area contributed by atoms with Gasteiger partial charge in [0.15, 0.2) is 0 Å². The SMILES string of the molecule is CC(CCN)N(C)C(=O)C1COc2ccccc21. The second-order valence-corrected chi connectivity index (χ2v) is 4.78. The van der Waals surface area contributed by atoms with Crippen LogP contribution in [0.4, 0.5) is 0 Å². The van der Waals surface area contributed by atoms with E-state index < -0.39 is 0 Å². The number of likely N-dealkylation sites (N-methyl/N-ethyl adjacent to an activating group) is 1. The van der Waals surface area contributed by atoms with Crippen LogP contribution in [-0.2, 0) is 4.79 Å². The summed E-state index contributed by atoms with van der Waals surface area (Å²) in [6, 6.07) is 7.90. The predicted octanol–water partition coefficient (Wildman–Crippen LogP) is 1.36. The van der Waals surface area contributed by atoms with Crippen LogP contribution in [0.15, 0.2) is 24.3 Å². The first kappa shape index (κ1) is 12.9. The van der Waals surface area contributed by atoms with E-state index in [2.05, 4.69) is 0 Å². The molecule has 0 radical (unpaired) electrons. The molecule has 18 heavy (non-hydrogen) atoms. The van der Waals surface area contributed by atoms with Crippen LogP contribution < -0.4 is 10.5 Å². The minimum absolute atomic E-state index is 0.112. The van der Waals surface area contributed by atoms with Crippen molar-refractivity contribution in [1.29, 1.82) is 0 Å². The first-order chi connectivity index (χ1) is 8.65. The summed E-state index contributed by atoms with van der Waals surface area (Å²) >= 11 is 0. The predicted molar refractivity (Wildman–Crippen MR) is 70.6 cm³/mol. The van der Waals surface area contributed by atoms with Crippen LogP contribution in [-0.4, -0.2) is 37.0 Å². The minimum atomic E-state index is -0.175. The molecule has 0 aliphatic carbocycles. The Balaban J connectivity index is 2.11. The highest BCUT2D eigenvalue weighted by atomic mass is 16.5. The van der Waals surface area contributed by atoms with Crippen LogP contribution >= 0.6 is 0 Å². The first-order valence-electron chi connectivity index (χ1n) is 6.33. The maximum atomic E-state index is 12.4. The summed E-state index contributed by atoms with van der Waals surface area (Å²) in [5, 5.41) is 0. The Morgan fingerprint density at radius 3 is 3.00 bits per heavy atom. The number of hydrogen-bond acceptors (Lipinski definition) is 3. The molecule has 1 aliphatic heterocycles. The minimum Gasteiger partial charge on any atom is -0.492 e. The molecule has 2 N–H and O–H groups in total. The number of nitrogens with two attached hydrogens (primary N) is 1. The average Bonchev–Trinajstić information content (AvgIpc) is 2.81. The van der Waals surface area contributed by atoms with Crippen molar-refractivity contribution in [3.63, 3.8) is 0 Å². The third-order valence-corrected chi connectivity index (χ3v) is 3.59. The number of hydrogen-bond donors (Lipinski definition) is 1. The average molecular weight is 248 g/mol. The zero-order valence-electron chi connectivity index (χ0n) is 10.9. The van der Waals surface area contributed by atoms with Crippen LogP contribution in [0.1, 0.15) is 24.8 Å². The van der Waals surface area contributed by atoms with E-state index in [4.69, 9.17) is 10.5 Å². The molecule has 1 aromatic carbocycles. The third kappa shape index (κ3) is 2.34. The Kier molecular flexibility index (Phi) is 3.87. The summed E-state index contributed by atoms with van der Waals surface area (Å²) in [6.07, 6.45) is 0.817. The van der Waals surface area contributed by atoms with E-state index in [1.54, 1.807) is 4.90 Å². The van der Waals surface area contributed by atoms with Gasteiger partial charge in [0.25, 0.3) is 0 Å². The van der Waals surface area contributed by atoms with Gasteiger partial charge < -0.3 is 15.4 Å². The van der Waals surface area contributed by atoms with Gasteiger partial charge in [-0.2, -0.15) is 0 Å². The van der Waals surface area contributed by atoms with E-state index in [1.807, 2.05) is 38.2 Å². The fraction of sp³-hybridized carbons (Fsp3) is 0.500. The Bertz CT molecular complexity index is 434. The summed E-state index contributed by atoms with van der Waals surface area (Å²) < 4.78 is 5.55. The van der Waals surface area contributed by atoms with Crippen molar-refractivity contribution in [1.82, 2.24) is 4.90 Å². The largest absolute Gasteiger partial charge is 0.492 e. The highest BCUT2D eigenvalue weighted by Crippen LogP contribution is 2.34. The van der Waals surface area contributed by atoms with Gasteiger partial charge in [0.1, 0.15) is 18.3 Å². The highest BCUT2D eigenvalue weighted by molar-refractivity contribution is 5.85. The molecule has 1 aromatic rings. The topological polar surface area (TPSA) is 55.6 Å². The lowest BCUT2D eigenvalue weighted by Crippen LogP contribution is -2.39. The maximum absolute atomic E-state index is 12.4. The Morgan fingerprint density at radius 2 is 2.28 bits per heavy atom. The van der Waals surface area contributed by atoms with Crippen LogP contribution in [0.5, 0.6) is 5.75 Å². The quantitative estimate of drug-likeness (QED) is 0.875. The second kappa shape index (κ2) is 5.40. The van der Waals surface area contributed by atoms with Gasteiger partial charge >= 0.3 is 0 Å². The molecule has 0 aromatic heterocycles. The summed E-state index contributed by atoms with van der Waals surface area (Å²) in [4.78, 5) is 14.2. The van der Waals surface area contributed by atoms with Crippen molar-refractivity contribution in [3.8, 4) is 5.75 Å². The zero-order chi connectivity index (χ0) is 13.1. The van der Waals surface area contributed by atoms with Gasteiger partial charge in [-0.3, -0.25) is 4.79 Å². The number of nitrogens with zero attached hydrogens (tertiary/aromatic N) is 1. The van der Waals surface area contributed by atoms with Crippen molar-refractivity contribution in [2.24, 2.45) is 5.73 Å². The molecular weight excluding hydrogens is 228 g/mol. The van der Waals surface area contributed by atoms with Crippen molar-refractivity contribution in [2.45, 2.75) is 25.3 Å². The van der Waals surface area contributed by atoms with Gasteiger partial charge in [0.05, 0.1) is 0 Å². The van der Waals surface area contributed by atoms with Crippen LogP contribution in [0.2, 0.25) is 0 Å². The molecule has 98 valence electrons. The zero-order valence-corrected chi connectivity index (χ0v) is 10.9. The van der Waals surface area contributed by atoms with Crippen LogP contribution in [0.25, 0.3) is 0 Å². The number of amides is 1. The molecule has 0 spiro atoms. The molecule has 2 atom stereocenters. The van der Waals surface area contributed by atoms with Gasteiger partial charge in [-0.05, 0) is 26.0 Å². The fourth-order valence-electron chi connectivity index (χ4n) is 2.26. The Labute approximate surface area is 108 Å². The molecule has 1 amide bonds. The lowest BCUT2D eigenvalue weighted by molar-refractivity contribution is -0.133. The van der Waals surface area contributed by atoms with Crippen molar-refractivity contribution in [2.75, 3.05) is 20.2 Å². The molecule has 2 rings (SSSR count). The Hall–Kier alpha value is -1.55. The highest BCUT2D eigenvalue weighted by Gasteiger charge is 2.33. The van der Waals surface area contributed by atoms with Crippen molar-refractivity contribution >= 4 is 5.91 Å². The number of benzene rings is 1. The molecule has 4 nitrogen and oxygen atoms in total. The molecule has 4 heteroatoms. The van der Waals surface area contributed by atoms with Gasteiger partial charge in [-0.1, -0.05) is 18.2 Å². The molecule has 1 aliphatic rings. The third-order valence-electron chi connectivity index (χ3n) is 3.59. The van der Waals surface area contributed by atoms with E-state index in [9.17, 15) is 4.79 Å². The number of carbonyl (C=O) groups is 1. The van der Waals surface area contributed by atoms with Gasteiger partial charge in [0, 0.05) is 18.7 Å². The van der Waals surface area contributed by atoms with Gasteiger partial charge in [0.2, 0.25) is 5.91 Å². The van der Waals surface area contributed by atoms with E-state index in [0.717, 1.165) is 17.7 Å². The van der Waals surface area contributed by atoms with Crippen molar-refractivity contribution < 1.29 is 9.53 Å². The molecular formula is C14H20N2O2. The van der Waals surface area contributed by atoms with E-state index in [-0.39, 0.29) is 17.9 Å². The van der Waals surface area contributed by atoms with Crippen LogP contribution in [0, 0.1) is 0 Å². The molecule has 0 saturated carbocycles. The summed E-state index contributed by atoms with van der Waals surface area (Å²) in [7, 11) is 1.84. The van der Waals surface area contributed by atoms with E-state index >= 15 is 0 Å². The number of rotatable bonds is 4. The molecule has 0 fully saturated rings. The first-order valence-corrected chi connectivity index (χ1v) is 6.33. The van der Waals surface area contributed by atoms with E-state index in [1.165, 1.54) is 0 Å². The van der Waals surface area contributed by atoms with Crippen molar-refractivity contribution in [3.05, 3.63) is 29.8 Å². The fourth-order valence-corrected chi connectivity index (χ4v) is 2.26. The molecule has 0 saturated heterocycles. The van der Waals surface area contributed by atoms with E-state index in [0.29, 0.717) is 13.2 Å². The molecule has 1 heterocycles. The van der Waals surface area contributed by atoms with Crippen LogP contribution in [0.3, 0.4) is 0 Å². The Morgan fingerprint density at radius 1 is 1.56 bits per heavy atom. The molecule has 0 bridgehead atoms. The standard InChI is InChI=1S/C14H20N2O2/c1-10(7-8-15)16(2)14(17)12-9-18-13-6-4-3-5-11(12)13/h3-6,10,12H,7-9,15H2,1-2H3. The number of para-hydroxylation sites is 1. The second-order valence-electron chi connectivity index (χ2n) is 4.78. The maximum Gasteiger partial charge on any atom is 0.233 e.